The molecular weight excluding hydrogens is 210 g/mol. The lowest BCUT2D eigenvalue weighted by Crippen LogP contribution is -1.87. The summed E-state index contributed by atoms with van der Waals surface area (Å²) in [6, 6.07) is 0. The minimum absolute atomic E-state index is 1.08. The molecule has 0 spiro atoms. The quantitative estimate of drug-likeness (QED) is 0.496. The molecule has 56 valence electrons. The predicted octanol–water partition coefficient (Wildman–Crippen LogP) is 3.28. The molecule has 0 aliphatic heterocycles. The Kier molecular flexibility index (Phi) is 7.42. The lowest BCUT2D eigenvalue weighted by Gasteiger charge is -1.94. The van der Waals surface area contributed by atoms with Gasteiger partial charge in [-0.1, -0.05) is 34.8 Å². The molecule has 0 aromatic rings. The normalized spacial score (nSPS) is 9.44. The summed E-state index contributed by atoms with van der Waals surface area (Å²) in [5, 5.41) is 7.18. The number of carbonyl (C=O) groups is 1. The summed E-state index contributed by atoms with van der Waals surface area (Å²) in [4.78, 5) is 8.77. The zero-order chi connectivity index (χ0) is 8.08. The minimum Gasteiger partial charge on any atom is -0.469 e. The molecule has 9 heavy (non-hydrogen) atoms. The van der Waals surface area contributed by atoms with Crippen LogP contribution in [0.3, 0.4) is 0 Å². The molecule has 0 fully saturated rings. The van der Waals surface area contributed by atoms with E-state index in [1.54, 1.807) is 0 Å². The van der Waals surface area contributed by atoms with E-state index in [1.165, 1.54) is 6.92 Å². The van der Waals surface area contributed by atoms with Gasteiger partial charge in [0.15, 0.2) is 3.79 Å². The van der Waals surface area contributed by atoms with Crippen LogP contribution in [0.4, 0.5) is 4.79 Å². The second-order valence-corrected chi connectivity index (χ2v) is 4.21. The standard InChI is InChI=1S/C2H3Cl3.CHClO2/c1-2(3,4)5;2-1(3)4/h1H3;(H,3,4). The monoisotopic (exact) mass is 212 g/mol. The van der Waals surface area contributed by atoms with Gasteiger partial charge in [-0.05, 0) is 6.92 Å². The fraction of sp³-hybridized carbons (Fsp3) is 0.667. The Morgan fingerprint density at radius 1 is 1.44 bits per heavy atom. The first-order valence-corrected chi connectivity index (χ1v) is 3.20. The lowest BCUT2D eigenvalue weighted by atomic mass is 10.9. The van der Waals surface area contributed by atoms with E-state index in [0.717, 1.165) is 0 Å². The molecule has 0 aliphatic carbocycles. The van der Waals surface area contributed by atoms with E-state index in [-0.39, 0.29) is 0 Å². The average molecular weight is 214 g/mol. The van der Waals surface area contributed by atoms with Gasteiger partial charge in [0.2, 0.25) is 0 Å². The van der Waals surface area contributed by atoms with Crippen LogP contribution in [0, 0.1) is 0 Å². The molecule has 0 radical (unpaired) electrons. The Balaban J connectivity index is 0. The summed E-state index contributed by atoms with van der Waals surface area (Å²) in [5.41, 5.74) is -1.36. The fourth-order valence-corrected chi connectivity index (χ4v) is 0. The number of hydrogen-bond donors (Lipinski definition) is 1. The topological polar surface area (TPSA) is 37.3 Å². The molecule has 0 amide bonds. The molecule has 0 atom stereocenters. The maximum Gasteiger partial charge on any atom is 0.401 e. The van der Waals surface area contributed by atoms with Crippen LogP contribution in [0.15, 0.2) is 0 Å². The molecule has 6 heteroatoms. The van der Waals surface area contributed by atoms with Crippen LogP contribution in [0.25, 0.3) is 0 Å². The largest absolute Gasteiger partial charge is 0.469 e. The molecule has 0 saturated heterocycles. The molecule has 0 heterocycles. The van der Waals surface area contributed by atoms with E-state index in [1.807, 2.05) is 0 Å². The van der Waals surface area contributed by atoms with E-state index in [0.29, 0.717) is 0 Å². The summed E-state index contributed by atoms with van der Waals surface area (Å²) in [6.07, 6.45) is 0. The summed E-state index contributed by atoms with van der Waals surface area (Å²) in [7, 11) is 0. The Bertz CT molecular complexity index is 76.3. The first-order chi connectivity index (χ1) is 3.73. The van der Waals surface area contributed by atoms with Gasteiger partial charge < -0.3 is 5.11 Å². The second-order valence-electron chi connectivity index (χ2n) is 1.03. The van der Waals surface area contributed by atoms with Crippen molar-refractivity contribution >= 4 is 51.8 Å². The van der Waals surface area contributed by atoms with Crippen LogP contribution in [0.2, 0.25) is 0 Å². The van der Waals surface area contributed by atoms with Gasteiger partial charge in [0.25, 0.3) is 0 Å². The van der Waals surface area contributed by atoms with E-state index in [2.05, 4.69) is 11.6 Å². The summed E-state index contributed by atoms with van der Waals surface area (Å²) >= 11 is 19.4. The third kappa shape index (κ3) is 956. The fourth-order valence-electron chi connectivity index (χ4n) is 0. The molecule has 0 unspecified atom stereocenters. The second kappa shape index (κ2) is 5.42. The van der Waals surface area contributed by atoms with Crippen LogP contribution in [-0.2, 0) is 0 Å². The predicted molar refractivity (Wildman–Crippen MR) is 39.8 cm³/mol. The average Bonchev–Trinajstić information content (AvgIpc) is 1.19. The molecule has 0 bridgehead atoms. The highest BCUT2D eigenvalue weighted by molar-refractivity contribution is 6.67. The SMILES string of the molecule is CC(Cl)(Cl)Cl.O=C(O)Cl. The molecular formula is C3H4Cl4O2. The van der Waals surface area contributed by atoms with Crippen LogP contribution < -0.4 is 0 Å². The van der Waals surface area contributed by atoms with Gasteiger partial charge in [-0.25, -0.2) is 4.79 Å². The number of halogens is 4. The number of alkyl halides is 3. The Labute approximate surface area is 72.6 Å². The zero-order valence-electron chi connectivity index (χ0n) is 4.37. The highest BCUT2D eigenvalue weighted by Gasteiger charge is 2.07. The molecule has 1 N–H and O–H groups in total. The van der Waals surface area contributed by atoms with E-state index in [4.69, 9.17) is 44.7 Å². The van der Waals surface area contributed by atoms with Crippen molar-refractivity contribution in [3.05, 3.63) is 0 Å². The van der Waals surface area contributed by atoms with E-state index >= 15 is 0 Å². The van der Waals surface area contributed by atoms with Crippen LogP contribution in [0.5, 0.6) is 0 Å². The van der Waals surface area contributed by atoms with Crippen LogP contribution in [-0.4, -0.2) is 14.3 Å². The summed E-state index contributed by atoms with van der Waals surface area (Å²) in [5.74, 6) is 0. The van der Waals surface area contributed by atoms with Crippen molar-refractivity contribution in [2.24, 2.45) is 0 Å². The van der Waals surface area contributed by atoms with Gasteiger partial charge in [0.1, 0.15) is 0 Å². The molecule has 0 rings (SSSR count). The van der Waals surface area contributed by atoms with Crippen molar-refractivity contribution in [2.75, 3.05) is 0 Å². The third-order valence-corrected chi connectivity index (χ3v) is 0. The number of rotatable bonds is 0. The molecule has 0 aliphatic rings. The van der Waals surface area contributed by atoms with Gasteiger partial charge in [-0.2, -0.15) is 0 Å². The Hall–Kier alpha value is 0.630. The van der Waals surface area contributed by atoms with E-state index in [9.17, 15) is 0 Å². The van der Waals surface area contributed by atoms with Gasteiger partial charge in [0, 0.05) is 11.6 Å². The first kappa shape index (κ1) is 12.3. The Morgan fingerprint density at radius 2 is 1.44 bits per heavy atom. The van der Waals surface area contributed by atoms with Crippen molar-refractivity contribution in [3.8, 4) is 0 Å². The maximum atomic E-state index is 8.77. The van der Waals surface area contributed by atoms with Gasteiger partial charge in [-0.3, -0.25) is 0 Å². The van der Waals surface area contributed by atoms with Crippen molar-refractivity contribution in [2.45, 2.75) is 10.7 Å². The minimum atomic E-state index is -1.36. The van der Waals surface area contributed by atoms with Crippen molar-refractivity contribution in [1.29, 1.82) is 0 Å². The molecule has 0 aromatic heterocycles. The highest BCUT2D eigenvalue weighted by Crippen LogP contribution is 2.23. The molecule has 2 nitrogen and oxygen atoms in total. The van der Waals surface area contributed by atoms with Crippen LogP contribution in [0.1, 0.15) is 6.92 Å². The highest BCUT2D eigenvalue weighted by atomic mass is 35.6. The zero-order valence-corrected chi connectivity index (χ0v) is 7.39. The molecule has 0 aromatic carbocycles. The van der Waals surface area contributed by atoms with E-state index < -0.39 is 9.22 Å². The first-order valence-electron chi connectivity index (χ1n) is 1.68. The van der Waals surface area contributed by atoms with Gasteiger partial charge in [0.05, 0.1) is 0 Å². The molecule has 0 saturated carbocycles. The number of hydrogen-bond acceptors (Lipinski definition) is 1. The summed E-state index contributed by atoms with van der Waals surface area (Å²) < 4.78 is -1.08. The third-order valence-electron chi connectivity index (χ3n) is 0. The van der Waals surface area contributed by atoms with Gasteiger partial charge >= 0.3 is 5.43 Å². The number of carboxylic acid groups (broad SMARTS) is 1. The maximum absolute atomic E-state index is 8.77. The lowest BCUT2D eigenvalue weighted by molar-refractivity contribution is 0.220. The Morgan fingerprint density at radius 3 is 1.44 bits per heavy atom. The van der Waals surface area contributed by atoms with Gasteiger partial charge in [-0.15, -0.1) is 0 Å². The smallest absolute Gasteiger partial charge is 0.401 e. The van der Waals surface area contributed by atoms with Crippen molar-refractivity contribution < 1.29 is 9.90 Å². The van der Waals surface area contributed by atoms with Crippen LogP contribution >= 0.6 is 46.4 Å². The van der Waals surface area contributed by atoms with Crippen molar-refractivity contribution in [1.82, 2.24) is 0 Å². The van der Waals surface area contributed by atoms with Crippen molar-refractivity contribution in [3.63, 3.8) is 0 Å². The summed E-state index contributed by atoms with van der Waals surface area (Å²) in [6.45, 7) is 1.48.